The summed E-state index contributed by atoms with van der Waals surface area (Å²) < 4.78 is 16.7. The number of carbonyl (C=O) groups is 3. The minimum absolute atomic E-state index is 0.0877. The highest BCUT2D eigenvalue weighted by molar-refractivity contribution is 5.71. The summed E-state index contributed by atoms with van der Waals surface area (Å²) in [5.41, 5.74) is 0. The van der Waals surface area contributed by atoms with Crippen LogP contribution < -0.4 is 0 Å². The fourth-order valence-electron chi connectivity index (χ4n) is 6.64. The second-order valence-electron chi connectivity index (χ2n) is 16.1. The summed E-state index contributed by atoms with van der Waals surface area (Å²) in [4.78, 5) is 37.7. The highest BCUT2D eigenvalue weighted by atomic mass is 16.6. The third-order valence-electron chi connectivity index (χ3n) is 10.4. The molecule has 0 aromatic carbocycles. The lowest BCUT2D eigenvalue weighted by Crippen LogP contribution is -2.30. The molecule has 330 valence electrons. The van der Waals surface area contributed by atoms with Crippen molar-refractivity contribution in [3.05, 3.63) is 48.6 Å². The Morgan fingerprint density at radius 2 is 0.632 bits per heavy atom. The topological polar surface area (TPSA) is 78.9 Å². The van der Waals surface area contributed by atoms with E-state index in [0.717, 1.165) is 89.9 Å². The lowest BCUT2D eigenvalue weighted by molar-refractivity contribution is -0.167. The smallest absolute Gasteiger partial charge is 0.306 e. The summed E-state index contributed by atoms with van der Waals surface area (Å²) in [6.07, 6.45) is 53.8. The summed E-state index contributed by atoms with van der Waals surface area (Å²) in [6, 6.07) is 0. The highest BCUT2D eigenvalue weighted by Crippen LogP contribution is 2.14. The molecule has 57 heavy (non-hydrogen) atoms. The Balaban J connectivity index is 4.37. The second kappa shape index (κ2) is 46.1. The largest absolute Gasteiger partial charge is 0.462 e. The third kappa shape index (κ3) is 44.3. The molecule has 0 radical (unpaired) electrons. The first-order valence-electron chi connectivity index (χ1n) is 24.2. The van der Waals surface area contributed by atoms with E-state index in [2.05, 4.69) is 69.4 Å². The van der Waals surface area contributed by atoms with Crippen molar-refractivity contribution >= 4 is 17.9 Å². The maximum Gasteiger partial charge on any atom is 0.306 e. The maximum atomic E-state index is 12.7. The van der Waals surface area contributed by atoms with Crippen LogP contribution in [0, 0.1) is 0 Å². The lowest BCUT2D eigenvalue weighted by atomic mass is 10.1. The highest BCUT2D eigenvalue weighted by Gasteiger charge is 2.19. The van der Waals surface area contributed by atoms with E-state index in [4.69, 9.17) is 14.2 Å². The van der Waals surface area contributed by atoms with Gasteiger partial charge in [0.25, 0.3) is 0 Å². The van der Waals surface area contributed by atoms with Crippen LogP contribution >= 0.6 is 0 Å². The average molecular weight is 799 g/mol. The SMILES string of the molecule is CCCC/C=C\C=C/CCCCCC(=O)OC(COC(=O)CCCCCCC/C=C\C=C/CCCCCCCCC)COC(=O)CCCCCCCCCCCC. The summed E-state index contributed by atoms with van der Waals surface area (Å²) in [5.74, 6) is -0.932. The summed E-state index contributed by atoms with van der Waals surface area (Å²) in [7, 11) is 0. The molecule has 0 N–H and O–H groups in total. The van der Waals surface area contributed by atoms with Crippen LogP contribution in [-0.2, 0) is 28.6 Å². The fraction of sp³-hybridized carbons (Fsp3) is 0.784. The lowest BCUT2D eigenvalue weighted by Gasteiger charge is -2.18. The van der Waals surface area contributed by atoms with E-state index in [9.17, 15) is 14.4 Å². The molecule has 0 amide bonds. The molecule has 6 nitrogen and oxygen atoms in total. The zero-order valence-corrected chi connectivity index (χ0v) is 37.6. The first-order valence-corrected chi connectivity index (χ1v) is 24.2. The predicted octanol–water partition coefficient (Wildman–Crippen LogP) is 15.5. The zero-order chi connectivity index (χ0) is 41.5. The van der Waals surface area contributed by atoms with Gasteiger partial charge in [-0.25, -0.2) is 0 Å². The Morgan fingerprint density at radius 3 is 1.00 bits per heavy atom. The molecule has 0 fully saturated rings. The predicted molar refractivity (Wildman–Crippen MR) is 242 cm³/mol. The van der Waals surface area contributed by atoms with Gasteiger partial charge in [-0.15, -0.1) is 0 Å². The molecule has 0 rings (SSSR count). The van der Waals surface area contributed by atoms with Gasteiger partial charge in [-0.05, 0) is 64.2 Å². The van der Waals surface area contributed by atoms with E-state index >= 15 is 0 Å². The van der Waals surface area contributed by atoms with Crippen LogP contribution in [0.3, 0.4) is 0 Å². The van der Waals surface area contributed by atoms with E-state index in [1.165, 1.54) is 109 Å². The van der Waals surface area contributed by atoms with Crippen LogP contribution in [0.25, 0.3) is 0 Å². The Morgan fingerprint density at radius 1 is 0.351 bits per heavy atom. The Labute approximate surface area is 352 Å². The number of unbranched alkanes of at least 4 members (excludes halogenated alkanes) is 26. The summed E-state index contributed by atoms with van der Waals surface area (Å²) in [5, 5.41) is 0. The van der Waals surface area contributed by atoms with Crippen LogP contribution in [0.4, 0.5) is 0 Å². The van der Waals surface area contributed by atoms with Crippen LogP contribution in [0.2, 0.25) is 0 Å². The van der Waals surface area contributed by atoms with E-state index in [1.807, 2.05) is 0 Å². The molecule has 0 aromatic rings. The Bertz CT molecular complexity index is 1010. The van der Waals surface area contributed by atoms with Gasteiger partial charge in [0.1, 0.15) is 13.2 Å². The van der Waals surface area contributed by atoms with Crippen molar-refractivity contribution in [1.82, 2.24) is 0 Å². The molecular weight excluding hydrogens is 709 g/mol. The van der Waals surface area contributed by atoms with Crippen molar-refractivity contribution in [3.63, 3.8) is 0 Å². The molecule has 0 aliphatic carbocycles. The molecule has 0 saturated heterocycles. The number of hydrogen-bond donors (Lipinski definition) is 0. The molecule has 1 atom stereocenters. The molecule has 0 heterocycles. The molecule has 6 heteroatoms. The van der Waals surface area contributed by atoms with E-state index < -0.39 is 6.10 Å². The minimum Gasteiger partial charge on any atom is -0.462 e. The molecule has 0 aromatic heterocycles. The van der Waals surface area contributed by atoms with Crippen molar-refractivity contribution in [1.29, 1.82) is 0 Å². The van der Waals surface area contributed by atoms with Gasteiger partial charge < -0.3 is 14.2 Å². The fourth-order valence-corrected chi connectivity index (χ4v) is 6.64. The molecule has 0 aliphatic heterocycles. The number of allylic oxidation sites excluding steroid dienone is 8. The summed E-state index contributed by atoms with van der Waals surface area (Å²) >= 11 is 0. The molecule has 0 aliphatic rings. The number of hydrogen-bond acceptors (Lipinski definition) is 6. The molecular formula is C51H90O6. The molecule has 0 bridgehead atoms. The van der Waals surface area contributed by atoms with Gasteiger partial charge in [0.15, 0.2) is 6.10 Å². The van der Waals surface area contributed by atoms with E-state index in [1.54, 1.807) is 0 Å². The van der Waals surface area contributed by atoms with Crippen LogP contribution in [0.1, 0.15) is 239 Å². The molecule has 0 spiro atoms. The first kappa shape index (κ1) is 54.4. The van der Waals surface area contributed by atoms with Gasteiger partial charge in [-0.2, -0.15) is 0 Å². The second-order valence-corrected chi connectivity index (χ2v) is 16.1. The van der Waals surface area contributed by atoms with Gasteiger partial charge in [-0.3, -0.25) is 14.4 Å². The van der Waals surface area contributed by atoms with Gasteiger partial charge in [0.05, 0.1) is 0 Å². The minimum atomic E-state index is -0.788. The van der Waals surface area contributed by atoms with Gasteiger partial charge >= 0.3 is 17.9 Å². The van der Waals surface area contributed by atoms with Crippen LogP contribution in [0.15, 0.2) is 48.6 Å². The number of esters is 3. The van der Waals surface area contributed by atoms with Crippen molar-refractivity contribution in [3.8, 4) is 0 Å². The normalized spacial score (nSPS) is 12.4. The number of ether oxygens (including phenoxy) is 3. The average Bonchev–Trinajstić information content (AvgIpc) is 3.21. The van der Waals surface area contributed by atoms with Gasteiger partial charge in [0.2, 0.25) is 0 Å². The Hall–Kier alpha value is -2.63. The Kier molecular flexibility index (Phi) is 43.9. The molecule has 0 saturated carbocycles. The van der Waals surface area contributed by atoms with Crippen LogP contribution in [-0.4, -0.2) is 37.2 Å². The quantitative estimate of drug-likeness (QED) is 0.0265. The monoisotopic (exact) mass is 799 g/mol. The zero-order valence-electron chi connectivity index (χ0n) is 37.6. The van der Waals surface area contributed by atoms with Crippen molar-refractivity contribution in [2.24, 2.45) is 0 Å². The first-order chi connectivity index (χ1) is 28.0. The van der Waals surface area contributed by atoms with Crippen molar-refractivity contribution in [2.75, 3.05) is 13.2 Å². The van der Waals surface area contributed by atoms with Gasteiger partial charge in [-0.1, -0.05) is 204 Å². The number of rotatable bonds is 43. The maximum absolute atomic E-state index is 12.7. The van der Waals surface area contributed by atoms with Crippen molar-refractivity contribution in [2.45, 2.75) is 245 Å². The summed E-state index contributed by atoms with van der Waals surface area (Å²) in [6.45, 7) is 6.53. The van der Waals surface area contributed by atoms with Gasteiger partial charge in [0, 0.05) is 19.3 Å². The van der Waals surface area contributed by atoms with E-state index in [0.29, 0.717) is 19.3 Å². The van der Waals surface area contributed by atoms with Crippen LogP contribution in [0.5, 0.6) is 0 Å². The third-order valence-corrected chi connectivity index (χ3v) is 10.4. The van der Waals surface area contributed by atoms with E-state index in [-0.39, 0.29) is 31.1 Å². The number of carbonyl (C=O) groups excluding carboxylic acids is 3. The standard InChI is InChI=1S/C51H90O6/c1-4-7-10-13-16-19-22-23-24-25-26-27-28-30-32-35-38-41-44-50(53)56-47-48(46-55-49(52)43-40-37-34-31-21-18-15-12-9-6-3)57-51(54)45-42-39-36-33-29-20-17-14-11-8-5-2/h14,17,20,24-27,29,48H,4-13,15-16,18-19,21-23,28,30-47H2,1-3H3/b17-14-,25-24-,27-26-,29-20-. The molecule has 1 unspecified atom stereocenters. The van der Waals surface area contributed by atoms with Crippen molar-refractivity contribution < 1.29 is 28.6 Å².